The summed E-state index contributed by atoms with van der Waals surface area (Å²) >= 11 is 0. The van der Waals surface area contributed by atoms with Crippen molar-refractivity contribution in [3.8, 4) is 22.5 Å². The molecule has 0 aliphatic carbocycles. The van der Waals surface area contributed by atoms with Crippen molar-refractivity contribution in [3.05, 3.63) is 89.5 Å². The lowest BCUT2D eigenvalue weighted by atomic mass is 9.99. The van der Waals surface area contributed by atoms with Gasteiger partial charge in [0.15, 0.2) is 0 Å². The zero-order chi connectivity index (χ0) is 26.0. The molecule has 0 fully saturated rings. The van der Waals surface area contributed by atoms with Crippen LogP contribution >= 0.6 is 0 Å². The molecule has 0 aliphatic heterocycles. The number of hydrogen-bond acceptors (Lipinski definition) is 5. The van der Waals surface area contributed by atoms with Gasteiger partial charge in [0, 0.05) is 24.4 Å². The number of carbonyl (C=O) groups excluding carboxylic acids is 1. The van der Waals surface area contributed by atoms with Crippen molar-refractivity contribution in [2.75, 3.05) is 11.9 Å². The van der Waals surface area contributed by atoms with Crippen LogP contribution in [0.1, 0.15) is 27.7 Å². The van der Waals surface area contributed by atoms with Crippen LogP contribution in [0.4, 0.5) is 23.2 Å². The van der Waals surface area contributed by atoms with E-state index in [0.29, 0.717) is 5.56 Å². The number of amides is 1. The molecule has 0 spiro atoms. The number of nitrogens with zero attached hydrogens (tertiary/aromatic N) is 3. The van der Waals surface area contributed by atoms with E-state index in [1.54, 1.807) is 30.3 Å². The standard InChI is InChI=1S/C25H20F4N4O3/c1-33-10-9-19(32-33)15-11-16(18(26)12-17(15)25(27,28)29)24(36)31-21-8-7-20(22(35)13-34)30-23(21)14-5-3-2-4-6-14/h2-12,22,34-35H,13H2,1H3,(H,31,36)/t22-/m1/s1. The molecule has 1 atom stereocenters. The fourth-order valence-electron chi connectivity index (χ4n) is 3.61. The van der Waals surface area contributed by atoms with Crippen LogP contribution in [0.2, 0.25) is 0 Å². The summed E-state index contributed by atoms with van der Waals surface area (Å²) in [6.07, 6.45) is -4.72. The van der Waals surface area contributed by atoms with E-state index < -0.39 is 47.3 Å². The predicted octanol–water partition coefficient (Wildman–Crippen LogP) is 4.59. The van der Waals surface area contributed by atoms with Gasteiger partial charge in [-0.1, -0.05) is 30.3 Å². The summed E-state index contributed by atoms with van der Waals surface area (Å²) < 4.78 is 57.0. The Bertz CT molecular complexity index is 1400. The predicted molar refractivity (Wildman–Crippen MR) is 123 cm³/mol. The van der Waals surface area contributed by atoms with Gasteiger partial charge in [0.25, 0.3) is 5.91 Å². The lowest BCUT2D eigenvalue weighted by Crippen LogP contribution is -2.17. The monoisotopic (exact) mass is 500 g/mol. The average Bonchev–Trinajstić information content (AvgIpc) is 3.29. The zero-order valence-corrected chi connectivity index (χ0v) is 18.8. The van der Waals surface area contributed by atoms with E-state index in [2.05, 4.69) is 15.4 Å². The Hall–Kier alpha value is -4.09. The molecular formula is C25H20F4N4O3. The number of hydrogen-bond donors (Lipinski definition) is 3. The Kier molecular flexibility index (Phi) is 6.86. The number of halogens is 4. The van der Waals surface area contributed by atoms with E-state index in [1.807, 2.05) is 0 Å². The van der Waals surface area contributed by atoms with E-state index in [-0.39, 0.29) is 28.8 Å². The normalized spacial score (nSPS) is 12.4. The van der Waals surface area contributed by atoms with Gasteiger partial charge >= 0.3 is 6.18 Å². The molecule has 0 saturated heterocycles. The van der Waals surface area contributed by atoms with Crippen LogP contribution in [-0.4, -0.2) is 37.5 Å². The summed E-state index contributed by atoms with van der Waals surface area (Å²) in [6, 6.07) is 13.7. The number of anilines is 1. The molecule has 7 nitrogen and oxygen atoms in total. The van der Waals surface area contributed by atoms with Crippen molar-refractivity contribution in [2.24, 2.45) is 7.05 Å². The van der Waals surface area contributed by atoms with Crippen molar-refractivity contribution in [2.45, 2.75) is 12.3 Å². The quantitative estimate of drug-likeness (QED) is 0.337. The third kappa shape index (κ3) is 5.11. The summed E-state index contributed by atoms with van der Waals surface area (Å²) in [5, 5.41) is 25.7. The highest BCUT2D eigenvalue weighted by atomic mass is 19.4. The van der Waals surface area contributed by atoms with Gasteiger partial charge in [0.2, 0.25) is 0 Å². The van der Waals surface area contributed by atoms with Crippen molar-refractivity contribution < 1.29 is 32.6 Å². The molecule has 0 radical (unpaired) electrons. The maximum Gasteiger partial charge on any atom is 0.417 e. The number of aliphatic hydroxyl groups excluding tert-OH is 2. The first kappa shape index (κ1) is 25.0. The van der Waals surface area contributed by atoms with E-state index in [9.17, 15) is 32.6 Å². The molecule has 11 heteroatoms. The van der Waals surface area contributed by atoms with Crippen LogP contribution in [-0.2, 0) is 13.2 Å². The summed E-state index contributed by atoms with van der Waals surface area (Å²) in [7, 11) is 1.52. The molecule has 0 unspecified atom stereocenters. The number of nitrogens with one attached hydrogen (secondary N) is 1. The van der Waals surface area contributed by atoms with Crippen molar-refractivity contribution in [3.63, 3.8) is 0 Å². The second-order valence-corrected chi connectivity index (χ2v) is 7.90. The van der Waals surface area contributed by atoms with Gasteiger partial charge in [-0.15, -0.1) is 0 Å². The van der Waals surface area contributed by atoms with Gasteiger partial charge in [-0.05, 0) is 30.3 Å². The molecule has 4 rings (SSSR count). The largest absolute Gasteiger partial charge is 0.417 e. The Morgan fingerprint density at radius 2 is 1.83 bits per heavy atom. The average molecular weight is 500 g/mol. The lowest BCUT2D eigenvalue weighted by Gasteiger charge is -2.16. The van der Waals surface area contributed by atoms with E-state index >= 15 is 0 Å². The summed E-state index contributed by atoms with van der Waals surface area (Å²) in [6.45, 7) is -0.583. The molecule has 186 valence electrons. The summed E-state index contributed by atoms with van der Waals surface area (Å²) in [5.41, 5.74) is -1.39. The van der Waals surface area contributed by atoms with Crippen LogP contribution in [0.5, 0.6) is 0 Å². The molecule has 2 heterocycles. The first-order valence-corrected chi connectivity index (χ1v) is 10.7. The van der Waals surface area contributed by atoms with Crippen LogP contribution in [0, 0.1) is 5.82 Å². The van der Waals surface area contributed by atoms with Gasteiger partial charge in [0.1, 0.15) is 11.9 Å². The van der Waals surface area contributed by atoms with Gasteiger partial charge in [0.05, 0.1) is 40.5 Å². The SMILES string of the molecule is Cn1ccc(-c2cc(C(=O)Nc3ccc([C@H](O)CO)nc3-c3ccccc3)c(F)cc2C(F)(F)F)n1. The van der Waals surface area contributed by atoms with Gasteiger partial charge in [-0.25, -0.2) is 9.37 Å². The van der Waals surface area contributed by atoms with Gasteiger partial charge in [-0.2, -0.15) is 18.3 Å². The van der Waals surface area contributed by atoms with Crippen molar-refractivity contribution in [1.29, 1.82) is 0 Å². The fourth-order valence-corrected chi connectivity index (χ4v) is 3.61. The molecule has 36 heavy (non-hydrogen) atoms. The number of alkyl halides is 3. The highest BCUT2D eigenvalue weighted by Crippen LogP contribution is 2.38. The third-order valence-electron chi connectivity index (χ3n) is 5.37. The Labute approximate surface area is 202 Å². The van der Waals surface area contributed by atoms with Gasteiger partial charge in [-0.3, -0.25) is 9.48 Å². The number of rotatable bonds is 6. The first-order valence-electron chi connectivity index (χ1n) is 10.7. The topological polar surface area (TPSA) is 100 Å². The van der Waals surface area contributed by atoms with E-state index in [4.69, 9.17) is 0 Å². The molecule has 2 aromatic carbocycles. The van der Waals surface area contributed by atoms with Crippen molar-refractivity contribution in [1.82, 2.24) is 14.8 Å². The number of benzene rings is 2. The minimum Gasteiger partial charge on any atom is -0.393 e. The number of pyridine rings is 1. The fraction of sp³-hybridized carbons (Fsp3) is 0.160. The number of aromatic nitrogens is 3. The Morgan fingerprint density at radius 1 is 1.11 bits per heavy atom. The number of aliphatic hydroxyl groups is 2. The Morgan fingerprint density at radius 3 is 2.44 bits per heavy atom. The second kappa shape index (κ2) is 9.88. The third-order valence-corrected chi connectivity index (χ3v) is 5.37. The summed E-state index contributed by atoms with van der Waals surface area (Å²) in [4.78, 5) is 17.4. The molecular weight excluding hydrogens is 480 g/mol. The van der Waals surface area contributed by atoms with Crippen molar-refractivity contribution >= 4 is 11.6 Å². The minimum absolute atomic E-state index is 0.0761. The van der Waals surface area contributed by atoms with E-state index in [1.165, 1.54) is 36.1 Å². The molecule has 1 amide bonds. The second-order valence-electron chi connectivity index (χ2n) is 7.90. The highest BCUT2D eigenvalue weighted by Gasteiger charge is 2.36. The van der Waals surface area contributed by atoms with E-state index in [0.717, 1.165) is 6.07 Å². The summed E-state index contributed by atoms with van der Waals surface area (Å²) in [5.74, 6) is -2.37. The highest BCUT2D eigenvalue weighted by molar-refractivity contribution is 6.07. The number of carbonyl (C=O) groups is 1. The lowest BCUT2D eigenvalue weighted by molar-refractivity contribution is -0.137. The van der Waals surface area contributed by atoms with Crippen LogP contribution in [0.3, 0.4) is 0 Å². The first-order chi connectivity index (χ1) is 17.1. The molecule has 2 aromatic heterocycles. The molecule has 0 saturated carbocycles. The maximum atomic E-state index is 14.8. The number of aryl methyl sites for hydroxylation is 1. The molecule has 3 N–H and O–H groups in total. The van der Waals surface area contributed by atoms with Crippen LogP contribution < -0.4 is 5.32 Å². The molecule has 0 bridgehead atoms. The van der Waals surface area contributed by atoms with Crippen LogP contribution in [0.25, 0.3) is 22.5 Å². The molecule has 0 aliphatic rings. The smallest absolute Gasteiger partial charge is 0.393 e. The van der Waals surface area contributed by atoms with Gasteiger partial charge < -0.3 is 15.5 Å². The molecule has 4 aromatic rings. The minimum atomic E-state index is -4.88. The zero-order valence-electron chi connectivity index (χ0n) is 18.8. The van der Waals surface area contributed by atoms with Crippen LogP contribution in [0.15, 0.2) is 66.9 Å². The maximum absolute atomic E-state index is 14.8. The Balaban J connectivity index is 1.78.